The fourth-order valence-electron chi connectivity index (χ4n) is 3.14. The average molecular weight is 360 g/mol. The van der Waals surface area contributed by atoms with Crippen molar-refractivity contribution in [1.82, 2.24) is 9.97 Å². The van der Waals surface area contributed by atoms with Gasteiger partial charge in [-0.15, -0.1) is 0 Å². The lowest BCUT2D eigenvalue weighted by Crippen LogP contribution is -2.19. The van der Waals surface area contributed by atoms with E-state index in [4.69, 9.17) is 0 Å². The number of aromatic nitrogens is 2. The van der Waals surface area contributed by atoms with Gasteiger partial charge in [0, 0.05) is 24.1 Å². The van der Waals surface area contributed by atoms with E-state index in [0.29, 0.717) is 11.6 Å². The van der Waals surface area contributed by atoms with Gasteiger partial charge in [0.1, 0.15) is 5.69 Å². The molecule has 0 atom stereocenters. The molecule has 1 aromatic heterocycles. The minimum Gasteiger partial charge on any atom is -0.320 e. The molecular formula is C22H24N4O. The number of nitrogens with zero attached hydrogens (tertiary/aromatic N) is 3. The summed E-state index contributed by atoms with van der Waals surface area (Å²) in [5, 5.41) is 3.01. The molecule has 0 unspecified atom stereocenters. The number of hydrogen-bond donors (Lipinski definition) is 1. The van der Waals surface area contributed by atoms with Crippen molar-refractivity contribution in [2.75, 3.05) is 17.3 Å². The fourth-order valence-corrected chi connectivity index (χ4v) is 3.14. The number of nitrogens with one attached hydrogen (secondary N) is 1. The molecule has 3 aromatic rings. The molecule has 0 saturated heterocycles. The molecule has 1 amide bonds. The molecule has 27 heavy (non-hydrogen) atoms. The highest BCUT2D eigenvalue weighted by atomic mass is 16.1. The molecule has 138 valence electrons. The lowest BCUT2D eigenvalue weighted by atomic mass is 10.0. The molecule has 0 bridgehead atoms. The second-order valence-electron chi connectivity index (χ2n) is 6.82. The van der Waals surface area contributed by atoms with E-state index < -0.39 is 0 Å². The lowest BCUT2D eigenvalue weighted by Gasteiger charge is -2.18. The molecule has 5 nitrogen and oxygen atoms in total. The van der Waals surface area contributed by atoms with Gasteiger partial charge in [-0.05, 0) is 57.0 Å². The van der Waals surface area contributed by atoms with Crippen LogP contribution in [0.5, 0.6) is 0 Å². The van der Waals surface area contributed by atoms with Crippen LogP contribution in [0, 0.1) is 27.7 Å². The van der Waals surface area contributed by atoms with E-state index in [1.54, 1.807) is 6.07 Å². The van der Waals surface area contributed by atoms with Crippen molar-refractivity contribution in [1.29, 1.82) is 0 Å². The number of para-hydroxylation sites is 1. The summed E-state index contributed by atoms with van der Waals surface area (Å²) in [6, 6.07) is 15.6. The summed E-state index contributed by atoms with van der Waals surface area (Å²) in [5.41, 5.74) is 6.12. The molecule has 3 rings (SSSR count). The van der Waals surface area contributed by atoms with Crippen molar-refractivity contribution in [2.45, 2.75) is 27.7 Å². The summed E-state index contributed by atoms with van der Waals surface area (Å²) in [6.07, 6.45) is 0. The first kappa shape index (κ1) is 18.6. The van der Waals surface area contributed by atoms with Gasteiger partial charge in [-0.1, -0.05) is 35.9 Å². The summed E-state index contributed by atoms with van der Waals surface area (Å²) in [6.45, 7) is 7.90. The molecule has 0 radical (unpaired) electrons. The molecule has 0 aliphatic carbocycles. The molecule has 0 aliphatic rings. The lowest BCUT2D eigenvalue weighted by molar-refractivity contribution is 0.102. The third-order valence-corrected chi connectivity index (χ3v) is 4.43. The zero-order chi connectivity index (χ0) is 19.6. The number of amides is 1. The summed E-state index contributed by atoms with van der Waals surface area (Å²) in [4.78, 5) is 23.7. The van der Waals surface area contributed by atoms with Crippen molar-refractivity contribution < 1.29 is 4.79 Å². The van der Waals surface area contributed by atoms with Crippen LogP contribution in [0.3, 0.4) is 0 Å². The fraction of sp³-hybridized carbons (Fsp3) is 0.227. The Balaban J connectivity index is 1.91. The molecular weight excluding hydrogens is 336 g/mol. The van der Waals surface area contributed by atoms with Gasteiger partial charge in [0.2, 0.25) is 5.95 Å². The topological polar surface area (TPSA) is 58.1 Å². The van der Waals surface area contributed by atoms with Gasteiger partial charge in [0.15, 0.2) is 0 Å². The standard InChI is InChI=1S/C22H24N4O/c1-14-11-15(2)20(16(3)12-14)25-21(27)19-13-17(4)23-22(24-19)26(5)18-9-7-6-8-10-18/h6-13H,1-5H3,(H,25,27). The van der Waals surface area contributed by atoms with Crippen LogP contribution in [0.4, 0.5) is 17.3 Å². The van der Waals surface area contributed by atoms with Crippen LogP contribution in [0.15, 0.2) is 48.5 Å². The molecule has 0 fully saturated rings. The quantitative estimate of drug-likeness (QED) is 0.731. The first-order valence-electron chi connectivity index (χ1n) is 8.89. The smallest absolute Gasteiger partial charge is 0.274 e. The highest BCUT2D eigenvalue weighted by Crippen LogP contribution is 2.24. The number of rotatable bonds is 4. The zero-order valence-electron chi connectivity index (χ0n) is 16.4. The summed E-state index contributed by atoms with van der Waals surface area (Å²) in [7, 11) is 1.89. The van der Waals surface area contributed by atoms with Crippen LogP contribution in [-0.2, 0) is 0 Å². The number of carbonyl (C=O) groups excluding carboxylic acids is 1. The number of hydrogen-bond acceptors (Lipinski definition) is 4. The van der Waals surface area contributed by atoms with Crippen molar-refractivity contribution >= 4 is 23.2 Å². The third-order valence-electron chi connectivity index (χ3n) is 4.43. The SMILES string of the molecule is Cc1cc(C)c(NC(=O)c2cc(C)nc(N(C)c3ccccc3)n2)c(C)c1. The largest absolute Gasteiger partial charge is 0.320 e. The molecule has 1 N–H and O–H groups in total. The number of aryl methyl sites for hydroxylation is 4. The van der Waals surface area contributed by atoms with Crippen LogP contribution in [0.2, 0.25) is 0 Å². The Morgan fingerprint density at radius 1 is 0.926 bits per heavy atom. The Bertz CT molecular complexity index is 960. The molecule has 1 heterocycles. The Labute approximate surface area is 160 Å². The second kappa shape index (κ2) is 7.58. The van der Waals surface area contributed by atoms with Crippen molar-refractivity contribution in [3.8, 4) is 0 Å². The Morgan fingerprint density at radius 2 is 1.56 bits per heavy atom. The molecule has 0 aliphatic heterocycles. The van der Waals surface area contributed by atoms with E-state index >= 15 is 0 Å². The summed E-state index contributed by atoms with van der Waals surface area (Å²) < 4.78 is 0. The highest BCUT2D eigenvalue weighted by molar-refractivity contribution is 6.04. The van der Waals surface area contributed by atoms with Crippen LogP contribution in [0.25, 0.3) is 0 Å². The predicted octanol–water partition coefficient (Wildman–Crippen LogP) is 4.73. The first-order chi connectivity index (χ1) is 12.8. The van der Waals surface area contributed by atoms with E-state index in [2.05, 4.69) is 27.4 Å². The molecule has 5 heteroatoms. The normalized spacial score (nSPS) is 10.6. The van der Waals surface area contributed by atoms with Crippen LogP contribution < -0.4 is 10.2 Å². The minimum absolute atomic E-state index is 0.238. The number of benzene rings is 2. The van der Waals surface area contributed by atoms with E-state index in [9.17, 15) is 4.79 Å². The van der Waals surface area contributed by atoms with Gasteiger partial charge in [0.25, 0.3) is 5.91 Å². The van der Waals surface area contributed by atoms with Crippen molar-refractivity contribution in [3.05, 3.63) is 76.6 Å². The van der Waals surface area contributed by atoms with Crippen LogP contribution in [-0.4, -0.2) is 22.9 Å². The van der Waals surface area contributed by atoms with Crippen LogP contribution >= 0.6 is 0 Å². The van der Waals surface area contributed by atoms with Gasteiger partial charge < -0.3 is 10.2 Å². The van der Waals surface area contributed by atoms with E-state index in [0.717, 1.165) is 28.2 Å². The predicted molar refractivity (Wildman–Crippen MR) is 110 cm³/mol. The van der Waals surface area contributed by atoms with Crippen LogP contribution in [0.1, 0.15) is 32.9 Å². The van der Waals surface area contributed by atoms with E-state index in [1.807, 2.05) is 70.0 Å². The Kier molecular flexibility index (Phi) is 5.21. The second-order valence-corrected chi connectivity index (χ2v) is 6.82. The Morgan fingerprint density at radius 3 is 2.19 bits per heavy atom. The van der Waals surface area contributed by atoms with E-state index in [-0.39, 0.29) is 5.91 Å². The number of anilines is 3. The molecule has 0 spiro atoms. The minimum atomic E-state index is -0.238. The monoisotopic (exact) mass is 360 g/mol. The zero-order valence-corrected chi connectivity index (χ0v) is 16.4. The first-order valence-corrected chi connectivity index (χ1v) is 8.89. The third kappa shape index (κ3) is 4.14. The molecule has 0 saturated carbocycles. The Hall–Kier alpha value is -3.21. The van der Waals surface area contributed by atoms with Crippen molar-refractivity contribution in [3.63, 3.8) is 0 Å². The molecule has 2 aromatic carbocycles. The average Bonchev–Trinajstić information content (AvgIpc) is 2.64. The maximum absolute atomic E-state index is 12.8. The van der Waals surface area contributed by atoms with Gasteiger partial charge >= 0.3 is 0 Å². The maximum atomic E-state index is 12.8. The van der Waals surface area contributed by atoms with Gasteiger partial charge in [-0.3, -0.25) is 4.79 Å². The van der Waals surface area contributed by atoms with Gasteiger partial charge in [-0.25, -0.2) is 9.97 Å². The van der Waals surface area contributed by atoms with Crippen molar-refractivity contribution in [2.24, 2.45) is 0 Å². The summed E-state index contributed by atoms with van der Waals surface area (Å²) in [5.74, 6) is 0.252. The highest BCUT2D eigenvalue weighted by Gasteiger charge is 2.16. The van der Waals surface area contributed by atoms with Gasteiger partial charge in [-0.2, -0.15) is 0 Å². The maximum Gasteiger partial charge on any atom is 0.274 e. The number of carbonyl (C=O) groups is 1. The van der Waals surface area contributed by atoms with E-state index in [1.165, 1.54) is 5.56 Å². The summed E-state index contributed by atoms with van der Waals surface area (Å²) >= 11 is 0. The van der Waals surface area contributed by atoms with Gasteiger partial charge in [0.05, 0.1) is 0 Å².